The van der Waals surface area contributed by atoms with Gasteiger partial charge in [0.2, 0.25) is 0 Å². The van der Waals surface area contributed by atoms with Crippen molar-refractivity contribution < 1.29 is 4.79 Å². The molecule has 4 nitrogen and oxygen atoms in total. The number of nitrogens with zero attached hydrogens (tertiary/aromatic N) is 2. The zero-order valence-electron chi connectivity index (χ0n) is 14.9. The third-order valence-corrected chi connectivity index (χ3v) is 5.31. The van der Waals surface area contributed by atoms with Crippen LogP contribution in [0, 0.1) is 0 Å². The summed E-state index contributed by atoms with van der Waals surface area (Å²) in [7, 11) is 0. The minimum absolute atomic E-state index is 0.00558. The average molecular weight is 361 g/mol. The van der Waals surface area contributed by atoms with Gasteiger partial charge >= 0.3 is 0 Å². The molecule has 0 saturated carbocycles. The molecule has 0 amide bonds. The molecule has 0 saturated heterocycles. The van der Waals surface area contributed by atoms with Gasteiger partial charge in [-0.2, -0.15) is 0 Å². The highest BCUT2D eigenvalue weighted by Gasteiger charge is 2.12. The first-order valence-electron chi connectivity index (χ1n) is 9.21. The summed E-state index contributed by atoms with van der Waals surface area (Å²) in [6.45, 7) is 0. The first kappa shape index (κ1) is 15.2. The van der Waals surface area contributed by atoms with Crippen molar-refractivity contribution in [3.8, 4) is 0 Å². The van der Waals surface area contributed by atoms with Gasteiger partial charge in [0, 0.05) is 21.9 Å². The Labute approximate surface area is 159 Å². The number of nitrogens with one attached hydrogen (secondary N) is 1. The van der Waals surface area contributed by atoms with Gasteiger partial charge in [0.05, 0.1) is 11.0 Å². The molecule has 2 heterocycles. The van der Waals surface area contributed by atoms with E-state index in [1.54, 1.807) is 12.2 Å². The summed E-state index contributed by atoms with van der Waals surface area (Å²) in [6, 6.07) is 20.7. The first-order valence-corrected chi connectivity index (χ1v) is 9.21. The fourth-order valence-electron chi connectivity index (χ4n) is 4.06. The maximum absolute atomic E-state index is 11.6. The number of rotatable bonds is 0. The van der Waals surface area contributed by atoms with E-state index in [1.165, 1.54) is 10.8 Å². The second-order valence-electron chi connectivity index (χ2n) is 6.97. The van der Waals surface area contributed by atoms with E-state index in [1.807, 2.05) is 30.4 Å². The van der Waals surface area contributed by atoms with Crippen molar-refractivity contribution in [3.05, 3.63) is 90.4 Å². The highest BCUT2D eigenvalue weighted by atomic mass is 16.1. The fourth-order valence-corrected chi connectivity index (χ4v) is 4.06. The first-order chi connectivity index (χ1) is 13.8. The van der Waals surface area contributed by atoms with Crippen LogP contribution in [-0.2, 0) is 4.79 Å². The van der Waals surface area contributed by atoms with Crippen molar-refractivity contribution in [2.45, 2.75) is 0 Å². The summed E-state index contributed by atoms with van der Waals surface area (Å²) in [6.07, 6.45) is 6.86. The fraction of sp³-hybridized carbons (Fsp3) is 0. The maximum Gasteiger partial charge on any atom is 0.178 e. The van der Waals surface area contributed by atoms with Crippen molar-refractivity contribution in [1.82, 2.24) is 14.4 Å². The maximum atomic E-state index is 11.6. The van der Waals surface area contributed by atoms with Crippen molar-refractivity contribution in [2.75, 3.05) is 0 Å². The summed E-state index contributed by atoms with van der Waals surface area (Å²) >= 11 is 0. The average Bonchev–Trinajstić information content (AvgIpc) is 2.74. The van der Waals surface area contributed by atoms with Crippen LogP contribution in [0.3, 0.4) is 0 Å². The van der Waals surface area contributed by atoms with E-state index in [-0.39, 0.29) is 5.78 Å². The molecule has 0 radical (unpaired) electrons. The van der Waals surface area contributed by atoms with Crippen LogP contribution in [0.25, 0.3) is 43.9 Å². The predicted molar refractivity (Wildman–Crippen MR) is 113 cm³/mol. The predicted octanol–water partition coefficient (Wildman–Crippen LogP) is 4.25. The molecular weight excluding hydrogens is 346 g/mol. The largest absolute Gasteiger partial charge is 0.340 e. The molecule has 4 heteroatoms. The molecule has 1 aliphatic carbocycles. The Hall–Kier alpha value is -3.92. The van der Waals surface area contributed by atoms with Gasteiger partial charge in [0.1, 0.15) is 11.1 Å². The zero-order valence-corrected chi connectivity index (χ0v) is 14.9. The van der Waals surface area contributed by atoms with Crippen molar-refractivity contribution in [3.63, 3.8) is 0 Å². The molecule has 6 rings (SSSR count). The van der Waals surface area contributed by atoms with E-state index in [2.05, 4.69) is 51.8 Å². The summed E-state index contributed by atoms with van der Waals surface area (Å²) < 4.78 is 2.16. The van der Waals surface area contributed by atoms with Crippen LogP contribution in [0.5, 0.6) is 0 Å². The van der Waals surface area contributed by atoms with Gasteiger partial charge in [0.15, 0.2) is 5.78 Å². The van der Waals surface area contributed by atoms with Gasteiger partial charge in [-0.1, -0.05) is 36.4 Å². The summed E-state index contributed by atoms with van der Waals surface area (Å²) in [4.78, 5) is 20.2. The number of para-hydroxylation sites is 1. The van der Waals surface area contributed by atoms with Crippen LogP contribution in [-0.4, -0.2) is 20.2 Å². The highest BCUT2D eigenvalue weighted by Crippen LogP contribution is 2.27. The number of carbonyl (C=O) groups is 1. The Balaban J connectivity index is 1.98. The lowest BCUT2D eigenvalue weighted by molar-refractivity contribution is -0.110. The second kappa shape index (κ2) is 5.54. The van der Waals surface area contributed by atoms with Crippen molar-refractivity contribution in [2.24, 2.45) is 0 Å². The summed E-state index contributed by atoms with van der Waals surface area (Å²) in [5.41, 5.74) is 5.78. The molecule has 0 unspecified atom stereocenters. The molecule has 1 N–H and O–H groups in total. The van der Waals surface area contributed by atoms with Gasteiger partial charge in [-0.05, 0) is 54.0 Å². The minimum atomic E-state index is -0.00558. The minimum Gasteiger partial charge on any atom is -0.340 e. The molecule has 0 fully saturated rings. The number of ketones is 1. The Morgan fingerprint density at radius 1 is 0.821 bits per heavy atom. The molecule has 0 atom stereocenters. The third kappa shape index (κ3) is 2.06. The molecule has 3 aromatic carbocycles. The lowest BCUT2D eigenvalue weighted by Crippen LogP contribution is -2.23. The van der Waals surface area contributed by atoms with Crippen LogP contribution >= 0.6 is 0 Å². The van der Waals surface area contributed by atoms with Crippen LogP contribution in [0.1, 0.15) is 0 Å². The van der Waals surface area contributed by atoms with Crippen LogP contribution in [0.4, 0.5) is 0 Å². The van der Waals surface area contributed by atoms with E-state index in [0.717, 1.165) is 38.6 Å². The SMILES string of the molecule is O=C1C=CC(=c2nc3ccccc3c3[nH]c4cccc5cccc(c54)n23)C=C1. The number of aromatic amines is 1. The molecular formula is C24H15N3O. The number of hydrogen-bond donors (Lipinski definition) is 1. The van der Waals surface area contributed by atoms with Crippen LogP contribution in [0.2, 0.25) is 0 Å². The molecule has 0 aliphatic heterocycles. The van der Waals surface area contributed by atoms with E-state index in [4.69, 9.17) is 4.98 Å². The van der Waals surface area contributed by atoms with Crippen LogP contribution in [0.15, 0.2) is 85.0 Å². The number of benzene rings is 3. The number of allylic oxidation sites excluding steroid dienone is 4. The van der Waals surface area contributed by atoms with Gasteiger partial charge < -0.3 is 4.98 Å². The van der Waals surface area contributed by atoms with Crippen molar-refractivity contribution >= 4 is 49.7 Å². The number of carbonyl (C=O) groups excluding carboxylic acids is 1. The van der Waals surface area contributed by atoms with Crippen LogP contribution < -0.4 is 5.48 Å². The van der Waals surface area contributed by atoms with Crippen molar-refractivity contribution in [1.29, 1.82) is 0 Å². The molecule has 1 aliphatic rings. The molecule has 0 spiro atoms. The van der Waals surface area contributed by atoms with E-state index in [9.17, 15) is 4.79 Å². The molecule has 28 heavy (non-hydrogen) atoms. The number of hydrogen-bond acceptors (Lipinski definition) is 2. The number of fused-ring (bicyclic) bond motifs is 4. The summed E-state index contributed by atoms with van der Waals surface area (Å²) in [5.74, 6) is -0.00558. The Morgan fingerprint density at radius 3 is 2.46 bits per heavy atom. The second-order valence-corrected chi connectivity index (χ2v) is 6.97. The summed E-state index contributed by atoms with van der Waals surface area (Å²) in [5, 5.41) is 3.40. The topological polar surface area (TPSA) is 50.2 Å². The number of H-pyrrole nitrogens is 1. The third-order valence-electron chi connectivity index (χ3n) is 5.31. The Kier molecular flexibility index (Phi) is 3.00. The highest BCUT2D eigenvalue weighted by molar-refractivity contribution is 6.10. The van der Waals surface area contributed by atoms with E-state index in [0.29, 0.717) is 0 Å². The zero-order chi connectivity index (χ0) is 18.7. The Bertz CT molecular complexity index is 1560. The smallest absolute Gasteiger partial charge is 0.178 e. The molecule has 2 aromatic heterocycles. The van der Waals surface area contributed by atoms with E-state index < -0.39 is 0 Å². The standard InChI is InChI=1S/C24H15N3O/c28-17-13-11-16(12-14-17)23-25-19-8-2-1-7-18(19)24-26-20-9-3-5-15-6-4-10-21(22(15)20)27(23)24/h1-14,26H. The molecule has 0 bridgehead atoms. The lowest BCUT2D eigenvalue weighted by Gasteiger charge is -2.15. The van der Waals surface area contributed by atoms with E-state index >= 15 is 0 Å². The lowest BCUT2D eigenvalue weighted by atomic mass is 10.1. The normalized spacial score (nSPS) is 14.1. The molecule has 5 aromatic rings. The van der Waals surface area contributed by atoms with Gasteiger partial charge in [-0.3, -0.25) is 9.20 Å². The molecule has 132 valence electrons. The van der Waals surface area contributed by atoms with Gasteiger partial charge in [0.25, 0.3) is 0 Å². The van der Waals surface area contributed by atoms with Gasteiger partial charge in [-0.25, -0.2) is 4.98 Å². The Morgan fingerprint density at radius 2 is 1.61 bits per heavy atom. The van der Waals surface area contributed by atoms with Gasteiger partial charge in [-0.15, -0.1) is 0 Å². The number of aromatic nitrogens is 3. The quantitative estimate of drug-likeness (QED) is 0.331. The monoisotopic (exact) mass is 361 g/mol.